The van der Waals surface area contributed by atoms with Crippen LogP contribution in [0.15, 0.2) is 30.3 Å². The molecule has 0 saturated carbocycles. The average Bonchev–Trinajstić information content (AvgIpc) is 2.78. The molecule has 1 aromatic carbocycles. The Morgan fingerprint density at radius 2 is 1.64 bits per heavy atom. The number of hydrogen-bond donors (Lipinski definition) is 1. The van der Waals surface area contributed by atoms with Crippen molar-refractivity contribution in [2.75, 3.05) is 48.4 Å². The van der Waals surface area contributed by atoms with E-state index >= 15 is 0 Å². The van der Waals surface area contributed by atoms with Crippen molar-refractivity contribution in [3.05, 3.63) is 36.0 Å². The number of thioether (sulfide) groups is 1. The highest BCUT2D eigenvalue weighted by Gasteiger charge is 2.15. The predicted molar refractivity (Wildman–Crippen MR) is 128 cm³/mol. The summed E-state index contributed by atoms with van der Waals surface area (Å²) in [6.45, 7) is 11.3. The smallest absolute Gasteiger partial charge is 0.161 e. The second kappa shape index (κ2) is 14.5. The first-order chi connectivity index (χ1) is 13.8. The Balaban J connectivity index is 0.000000921. The Bertz CT molecular complexity index is 662. The highest BCUT2D eigenvalue weighted by Crippen LogP contribution is 2.24. The number of hydrogen-bond acceptors (Lipinski definition) is 7. The molecule has 28 heavy (non-hydrogen) atoms. The number of morpholine rings is 1. The van der Waals surface area contributed by atoms with Crippen molar-refractivity contribution < 1.29 is 4.74 Å². The van der Waals surface area contributed by atoms with Gasteiger partial charge in [0.15, 0.2) is 5.82 Å². The van der Waals surface area contributed by atoms with Crippen molar-refractivity contribution in [3.63, 3.8) is 0 Å². The van der Waals surface area contributed by atoms with Gasteiger partial charge in [-0.3, -0.25) is 0 Å². The van der Waals surface area contributed by atoms with Gasteiger partial charge in [-0.2, -0.15) is 11.8 Å². The quantitative estimate of drug-likeness (QED) is 0.609. The lowest BCUT2D eigenvalue weighted by atomic mass is 10.2. The van der Waals surface area contributed by atoms with Crippen LogP contribution in [0.5, 0.6) is 0 Å². The summed E-state index contributed by atoms with van der Waals surface area (Å²) in [5.41, 5.74) is 3.19. The van der Waals surface area contributed by atoms with Crippen LogP contribution in [0.1, 0.15) is 33.4 Å². The van der Waals surface area contributed by atoms with E-state index in [1.807, 2.05) is 34.0 Å². The van der Waals surface area contributed by atoms with Gasteiger partial charge >= 0.3 is 0 Å². The van der Waals surface area contributed by atoms with Gasteiger partial charge in [-0.25, -0.2) is 9.97 Å². The molecule has 0 radical (unpaired) electrons. The number of benzene rings is 1. The molecule has 5 nitrogen and oxygen atoms in total. The van der Waals surface area contributed by atoms with Gasteiger partial charge in [-0.15, -0.1) is 0 Å². The summed E-state index contributed by atoms with van der Waals surface area (Å²) in [6, 6.07) is 10.4. The number of aromatic nitrogens is 2. The third-order valence-electron chi connectivity index (χ3n) is 3.76. The van der Waals surface area contributed by atoms with Gasteiger partial charge in [0.05, 0.1) is 18.9 Å². The molecule has 1 saturated heterocycles. The van der Waals surface area contributed by atoms with Crippen LogP contribution in [0.2, 0.25) is 0 Å². The van der Waals surface area contributed by atoms with Crippen LogP contribution in [0.3, 0.4) is 0 Å². The molecular formula is C21H34N4OS2. The molecule has 0 unspecified atom stereocenters. The molecule has 0 bridgehead atoms. The zero-order valence-corrected chi connectivity index (χ0v) is 19.6. The molecule has 2 aromatic rings. The molecule has 0 amide bonds. The normalized spacial score (nSPS) is 13.0. The van der Waals surface area contributed by atoms with Crippen LogP contribution in [0.4, 0.5) is 11.5 Å². The molecule has 1 aromatic heterocycles. The SMILES string of the molecule is CC.CC.CSCc1cc(N2CCOCC2)nc(-c2ccc(NSC)cc2)n1. The van der Waals surface area contributed by atoms with Crippen LogP contribution in [-0.2, 0) is 10.5 Å². The fourth-order valence-corrected chi connectivity index (χ4v) is 3.41. The maximum atomic E-state index is 5.45. The summed E-state index contributed by atoms with van der Waals surface area (Å²) in [5.74, 6) is 2.68. The summed E-state index contributed by atoms with van der Waals surface area (Å²) in [4.78, 5) is 11.8. The molecule has 3 rings (SSSR count). The number of anilines is 2. The number of rotatable bonds is 6. The van der Waals surface area contributed by atoms with E-state index in [1.165, 1.54) is 0 Å². The first-order valence-electron chi connectivity index (χ1n) is 9.89. The number of nitrogens with zero attached hydrogens (tertiary/aromatic N) is 3. The summed E-state index contributed by atoms with van der Waals surface area (Å²) >= 11 is 3.36. The van der Waals surface area contributed by atoms with Crippen molar-refractivity contribution >= 4 is 35.2 Å². The van der Waals surface area contributed by atoms with Gasteiger partial charge in [-0.1, -0.05) is 39.6 Å². The molecule has 1 aliphatic heterocycles. The summed E-state index contributed by atoms with van der Waals surface area (Å²) in [7, 11) is 0. The molecule has 1 fully saturated rings. The Morgan fingerprint density at radius 3 is 2.21 bits per heavy atom. The van der Waals surface area contributed by atoms with E-state index in [2.05, 4.69) is 46.2 Å². The first-order valence-corrected chi connectivity index (χ1v) is 12.5. The monoisotopic (exact) mass is 422 g/mol. The predicted octanol–water partition coefficient (Wildman–Crippen LogP) is 5.59. The Morgan fingerprint density at radius 1 is 1.00 bits per heavy atom. The lowest BCUT2D eigenvalue weighted by Crippen LogP contribution is -2.37. The molecule has 0 spiro atoms. The minimum absolute atomic E-state index is 0.756. The lowest BCUT2D eigenvalue weighted by Gasteiger charge is -2.28. The molecule has 1 aliphatic rings. The van der Waals surface area contributed by atoms with Crippen molar-refractivity contribution in [2.45, 2.75) is 33.4 Å². The fraction of sp³-hybridized carbons (Fsp3) is 0.524. The Labute approximate surface area is 179 Å². The van der Waals surface area contributed by atoms with E-state index in [1.54, 1.807) is 23.7 Å². The highest BCUT2D eigenvalue weighted by molar-refractivity contribution is 7.99. The Hall–Kier alpha value is -1.44. The van der Waals surface area contributed by atoms with Crippen LogP contribution in [-0.4, -0.2) is 48.8 Å². The van der Waals surface area contributed by atoms with Crippen molar-refractivity contribution in [1.82, 2.24) is 9.97 Å². The first kappa shape index (κ1) is 24.6. The molecule has 2 heterocycles. The minimum Gasteiger partial charge on any atom is -0.378 e. The molecule has 0 aliphatic carbocycles. The van der Waals surface area contributed by atoms with Crippen molar-refractivity contribution in [1.29, 1.82) is 0 Å². The molecule has 7 heteroatoms. The van der Waals surface area contributed by atoms with Gasteiger partial charge in [0, 0.05) is 42.4 Å². The number of nitrogens with one attached hydrogen (secondary N) is 1. The highest BCUT2D eigenvalue weighted by atomic mass is 32.2. The second-order valence-corrected chi connectivity index (χ2v) is 6.94. The molecule has 0 atom stereocenters. The van der Waals surface area contributed by atoms with Crippen LogP contribution >= 0.6 is 23.7 Å². The topological polar surface area (TPSA) is 50.3 Å². The van der Waals surface area contributed by atoms with Gasteiger partial charge in [-0.05, 0) is 30.5 Å². The van der Waals surface area contributed by atoms with Crippen molar-refractivity contribution in [3.8, 4) is 11.4 Å². The summed E-state index contributed by atoms with van der Waals surface area (Å²) < 4.78 is 8.68. The van der Waals surface area contributed by atoms with E-state index in [0.29, 0.717) is 0 Å². The fourth-order valence-electron chi connectivity index (χ4n) is 2.59. The maximum Gasteiger partial charge on any atom is 0.161 e. The molecular weight excluding hydrogens is 388 g/mol. The van der Waals surface area contributed by atoms with Crippen LogP contribution < -0.4 is 9.62 Å². The third kappa shape index (κ3) is 7.53. The zero-order valence-electron chi connectivity index (χ0n) is 18.0. The summed E-state index contributed by atoms with van der Waals surface area (Å²) in [6.07, 6.45) is 4.11. The van der Waals surface area contributed by atoms with Crippen LogP contribution in [0, 0.1) is 0 Å². The van der Waals surface area contributed by atoms with Gasteiger partial charge in [0.2, 0.25) is 0 Å². The van der Waals surface area contributed by atoms with Crippen molar-refractivity contribution in [2.24, 2.45) is 0 Å². The van der Waals surface area contributed by atoms with Gasteiger partial charge in [0.1, 0.15) is 5.82 Å². The third-order valence-corrected chi connectivity index (χ3v) is 4.78. The second-order valence-electron chi connectivity index (χ2n) is 5.46. The van der Waals surface area contributed by atoms with E-state index in [9.17, 15) is 0 Å². The van der Waals surface area contributed by atoms with E-state index in [0.717, 1.165) is 60.6 Å². The zero-order chi connectivity index (χ0) is 20.8. The largest absolute Gasteiger partial charge is 0.378 e. The van der Waals surface area contributed by atoms with E-state index < -0.39 is 0 Å². The van der Waals surface area contributed by atoms with E-state index in [-0.39, 0.29) is 0 Å². The maximum absolute atomic E-state index is 5.45. The minimum atomic E-state index is 0.756. The molecule has 1 N–H and O–H groups in total. The van der Waals surface area contributed by atoms with Gasteiger partial charge in [0.25, 0.3) is 0 Å². The van der Waals surface area contributed by atoms with E-state index in [4.69, 9.17) is 14.7 Å². The van der Waals surface area contributed by atoms with Crippen LogP contribution in [0.25, 0.3) is 11.4 Å². The van der Waals surface area contributed by atoms with Gasteiger partial charge < -0.3 is 14.4 Å². The molecule has 156 valence electrons. The average molecular weight is 423 g/mol. The number of ether oxygens (including phenoxy) is 1. The lowest BCUT2D eigenvalue weighted by molar-refractivity contribution is 0.122. The summed E-state index contributed by atoms with van der Waals surface area (Å²) in [5, 5.41) is 0. The Kier molecular flexibility index (Phi) is 12.8. The standard InChI is InChI=1S/C17H22N4OS2.2C2H6/c1-23-12-15-11-16(21-7-9-22-10-8-21)19-17(18-15)13-3-5-14(6-4-13)20-24-2;2*1-2/h3-6,11,20H,7-10,12H2,1-2H3;2*1-2H3.